The summed E-state index contributed by atoms with van der Waals surface area (Å²) in [6.07, 6.45) is 0. The third kappa shape index (κ3) is 3.31. The van der Waals surface area contributed by atoms with Gasteiger partial charge in [0.15, 0.2) is 0 Å². The van der Waals surface area contributed by atoms with Gasteiger partial charge in [-0.05, 0) is 11.1 Å². The third-order valence-electron chi connectivity index (χ3n) is 4.90. The topological polar surface area (TPSA) is 109 Å². The lowest BCUT2D eigenvalue weighted by atomic mass is 9.52. The lowest BCUT2D eigenvalue weighted by molar-refractivity contribution is -0.317. The minimum atomic E-state index is -1.40. The average molecular weight is 351 g/mol. The predicted octanol–water partition coefficient (Wildman–Crippen LogP) is -0.584. The molecule has 1 saturated carbocycles. The van der Waals surface area contributed by atoms with Crippen molar-refractivity contribution < 1.29 is 24.6 Å². The summed E-state index contributed by atoms with van der Waals surface area (Å²) in [6.45, 7) is -0.617. The second-order valence-electron chi connectivity index (χ2n) is 6.33. The van der Waals surface area contributed by atoms with Crippen molar-refractivity contribution in [1.29, 1.82) is 0 Å². The number of rotatable bonds is 6. The standard InChI is InChI=1S/C20H19NO5/c22-14(23)11-21-19(24)17-15(12-7-3-1-4-8-12)18(20(25)26)16(17)13-9-5-2-6-10-13/h1-10,15-18H,11H2,(H,21,24)(H,22,23)(H,25,26)/p-2/t15-,16+,17?,18?. The summed E-state index contributed by atoms with van der Waals surface area (Å²) in [4.78, 5) is 35.2. The number of nitrogens with one attached hydrogen (secondary N) is 1. The van der Waals surface area contributed by atoms with E-state index in [1.807, 2.05) is 0 Å². The zero-order chi connectivity index (χ0) is 18.7. The molecule has 1 fully saturated rings. The van der Waals surface area contributed by atoms with Crippen LogP contribution in [0.1, 0.15) is 23.0 Å². The smallest absolute Gasteiger partial charge is 0.224 e. The zero-order valence-electron chi connectivity index (χ0n) is 13.8. The Kier molecular flexibility index (Phi) is 5.02. The van der Waals surface area contributed by atoms with E-state index < -0.39 is 48.1 Å². The molecule has 2 aromatic rings. The van der Waals surface area contributed by atoms with E-state index >= 15 is 0 Å². The van der Waals surface area contributed by atoms with Crippen molar-refractivity contribution in [3.8, 4) is 0 Å². The van der Waals surface area contributed by atoms with Crippen LogP contribution in [0.15, 0.2) is 60.7 Å². The van der Waals surface area contributed by atoms with Crippen molar-refractivity contribution in [2.45, 2.75) is 11.8 Å². The van der Waals surface area contributed by atoms with Crippen LogP contribution in [0.4, 0.5) is 0 Å². The van der Waals surface area contributed by atoms with Crippen molar-refractivity contribution in [2.75, 3.05) is 6.54 Å². The third-order valence-corrected chi connectivity index (χ3v) is 4.90. The maximum absolute atomic E-state index is 12.6. The lowest BCUT2D eigenvalue weighted by Gasteiger charge is -2.52. The molecule has 0 aromatic heterocycles. The Morgan fingerprint density at radius 3 is 1.62 bits per heavy atom. The number of carbonyl (C=O) groups excluding carboxylic acids is 3. The van der Waals surface area contributed by atoms with Crippen LogP contribution in [0.25, 0.3) is 0 Å². The molecule has 1 amide bonds. The summed E-state index contributed by atoms with van der Waals surface area (Å²) in [5.41, 5.74) is 1.42. The molecule has 3 rings (SSSR count). The van der Waals surface area contributed by atoms with Crippen LogP contribution in [0.3, 0.4) is 0 Å². The molecule has 0 bridgehead atoms. The second kappa shape index (κ2) is 7.39. The van der Waals surface area contributed by atoms with Gasteiger partial charge in [0.05, 0.1) is 18.4 Å². The van der Waals surface area contributed by atoms with Gasteiger partial charge in [0, 0.05) is 23.7 Å². The van der Waals surface area contributed by atoms with Gasteiger partial charge in [0.1, 0.15) is 0 Å². The fourth-order valence-electron chi connectivity index (χ4n) is 3.82. The van der Waals surface area contributed by atoms with E-state index in [2.05, 4.69) is 5.32 Å². The highest BCUT2D eigenvalue weighted by molar-refractivity contribution is 5.88. The molecule has 1 N–H and O–H groups in total. The zero-order valence-corrected chi connectivity index (χ0v) is 13.8. The van der Waals surface area contributed by atoms with Crippen molar-refractivity contribution in [3.05, 3.63) is 71.8 Å². The minimum absolute atomic E-state index is 0.505. The van der Waals surface area contributed by atoms with Crippen molar-refractivity contribution in [1.82, 2.24) is 5.32 Å². The monoisotopic (exact) mass is 351 g/mol. The number of carboxylic acids is 2. The number of carbonyl (C=O) groups is 3. The molecule has 6 nitrogen and oxygen atoms in total. The van der Waals surface area contributed by atoms with E-state index in [1.165, 1.54) is 0 Å². The van der Waals surface area contributed by atoms with Gasteiger partial charge in [-0.25, -0.2) is 0 Å². The molecule has 0 spiro atoms. The van der Waals surface area contributed by atoms with E-state index in [9.17, 15) is 24.6 Å². The molecular weight excluding hydrogens is 334 g/mol. The Balaban J connectivity index is 1.99. The highest BCUT2D eigenvalue weighted by atomic mass is 16.4. The fourth-order valence-corrected chi connectivity index (χ4v) is 3.82. The quantitative estimate of drug-likeness (QED) is 0.749. The Bertz CT molecular complexity index is 758. The van der Waals surface area contributed by atoms with Crippen LogP contribution in [-0.2, 0) is 14.4 Å². The molecule has 26 heavy (non-hydrogen) atoms. The number of hydrogen-bond acceptors (Lipinski definition) is 5. The van der Waals surface area contributed by atoms with E-state index in [1.54, 1.807) is 60.7 Å². The molecule has 2 unspecified atom stereocenters. The number of benzene rings is 2. The number of hydrogen-bond donors (Lipinski definition) is 1. The van der Waals surface area contributed by atoms with Gasteiger partial charge < -0.3 is 25.1 Å². The summed E-state index contributed by atoms with van der Waals surface area (Å²) in [5, 5.41) is 24.8. The molecule has 1 aliphatic carbocycles. The summed E-state index contributed by atoms with van der Waals surface area (Å²) >= 11 is 0. The molecule has 0 aliphatic heterocycles. The number of aliphatic carboxylic acids is 2. The Morgan fingerprint density at radius 2 is 1.23 bits per heavy atom. The second-order valence-corrected chi connectivity index (χ2v) is 6.33. The number of carboxylic acid groups (broad SMARTS) is 2. The average Bonchev–Trinajstić information content (AvgIpc) is 2.60. The van der Waals surface area contributed by atoms with Gasteiger partial charge in [-0.15, -0.1) is 0 Å². The molecule has 4 atom stereocenters. The van der Waals surface area contributed by atoms with Crippen molar-refractivity contribution >= 4 is 17.8 Å². The first-order chi connectivity index (χ1) is 12.5. The summed E-state index contributed by atoms with van der Waals surface area (Å²) < 4.78 is 0. The molecule has 1 aliphatic rings. The predicted molar refractivity (Wildman–Crippen MR) is 88.4 cm³/mol. The van der Waals surface area contributed by atoms with Gasteiger partial charge in [-0.2, -0.15) is 0 Å². The van der Waals surface area contributed by atoms with Gasteiger partial charge >= 0.3 is 0 Å². The molecule has 0 saturated heterocycles. The Labute approximate surface area is 150 Å². The molecule has 6 heteroatoms. The molecule has 0 heterocycles. The summed E-state index contributed by atoms with van der Waals surface area (Å²) in [5.74, 6) is -5.89. The van der Waals surface area contributed by atoms with E-state index in [-0.39, 0.29) is 0 Å². The van der Waals surface area contributed by atoms with Gasteiger partial charge in [0.25, 0.3) is 0 Å². The first-order valence-corrected chi connectivity index (χ1v) is 8.29. The Morgan fingerprint density at radius 1 is 0.769 bits per heavy atom. The molecule has 134 valence electrons. The van der Waals surface area contributed by atoms with E-state index in [0.29, 0.717) is 11.1 Å². The molecular formula is C20H17NO5-2. The van der Waals surface area contributed by atoms with Crippen LogP contribution in [0.5, 0.6) is 0 Å². The lowest BCUT2D eigenvalue weighted by Crippen LogP contribution is -2.57. The highest BCUT2D eigenvalue weighted by Crippen LogP contribution is 2.57. The van der Waals surface area contributed by atoms with Gasteiger partial charge in [-0.3, -0.25) is 4.79 Å². The fraction of sp³-hybridized carbons (Fsp3) is 0.250. The van der Waals surface area contributed by atoms with Crippen LogP contribution >= 0.6 is 0 Å². The van der Waals surface area contributed by atoms with E-state index in [4.69, 9.17) is 0 Å². The highest BCUT2D eigenvalue weighted by Gasteiger charge is 2.55. The summed E-state index contributed by atoms with van der Waals surface area (Å²) in [7, 11) is 0. The SMILES string of the molecule is O=C([O-])CNC(=O)C1[C@H](c2ccccc2)C(C(=O)[O-])[C@@H]1c1ccccc1. The maximum Gasteiger partial charge on any atom is 0.224 e. The van der Waals surface area contributed by atoms with Crippen molar-refractivity contribution in [2.24, 2.45) is 11.8 Å². The largest absolute Gasteiger partial charge is 0.550 e. The van der Waals surface area contributed by atoms with Crippen molar-refractivity contribution in [3.63, 3.8) is 0 Å². The minimum Gasteiger partial charge on any atom is -0.550 e. The molecule has 2 aromatic carbocycles. The van der Waals surface area contributed by atoms with E-state index in [0.717, 1.165) is 0 Å². The van der Waals surface area contributed by atoms with Crippen LogP contribution in [-0.4, -0.2) is 24.4 Å². The van der Waals surface area contributed by atoms with Crippen LogP contribution in [0.2, 0.25) is 0 Å². The first kappa shape index (κ1) is 17.7. The first-order valence-electron chi connectivity index (χ1n) is 8.29. The maximum atomic E-state index is 12.6. The van der Waals surface area contributed by atoms with Crippen LogP contribution in [0, 0.1) is 11.8 Å². The Hall–Kier alpha value is -3.15. The normalized spacial score (nSPS) is 24.3. The number of amides is 1. The van der Waals surface area contributed by atoms with Gasteiger partial charge in [0.2, 0.25) is 5.91 Å². The summed E-state index contributed by atoms with van der Waals surface area (Å²) in [6, 6.07) is 17.7. The molecule has 0 radical (unpaired) electrons. The van der Waals surface area contributed by atoms with Crippen LogP contribution < -0.4 is 15.5 Å². The van der Waals surface area contributed by atoms with Gasteiger partial charge in [-0.1, -0.05) is 60.7 Å².